The first-order chi connectivity index (χ1) is 12.6. The Kier molecular flexibility index (Phi) is 6.79. The minimum atomic E-state index is -0.482. The van der Waals surface area contributed by atoms with E-state index in [1.165, 1.54) is 6.08 Å². The predicted octanol–water partition coefficient (Wildman–Crippen LogP) is 3.53. The van der Waals surface area contributed by atoms with Crippen LogP contribution in [-0.4, -0.2) is 32.7 Å². The number of anilines is 1. The molecule has 0 heterocycles. The van der Waals surface area contributed by atoms with E-state index in [4.69, 9.17) is 14.2 Å². The second-order valence-electron chi connectivity index (χ2n) is 5.20. The zero-order chi connectivity index (χ0) is 18.9. The Hall–Kier alpha value is -3.28. The maximum atomic E-state index is 12.2. The highest BCUT2D eigenvalue weighted by molar-refractivity contribution is 6.06. The molecule has 0 aliphatic carbocycles. The zero-order valence-electron chi connectivity index (χ0n) is 14.9. The van der Waals surface area contributed by atoms with Crippen molar-refractivity contribution in [2.24, 2.45) is 0 Å². The molecule has 0 radical (unpaired) electrons. The van der Waals surface area contributed by atoms with Crippen molar-refractivity contribution < 1.29 is 23.8 Å². The van der Waals surface area contributed by atoms with Crippen molar-refractivity contribution >= 4 is 23.6 Å². The molecule has 0 aliphatic rings. The first-order valence-corrected chi connectivity index (χ1v) is 8.06. The molecule has 1 amide bonds. The van der Waals surface area contributed by atoms with Crippen LogP contribution in [0.25, 0.3) is 6.08 Å². The summed E-state index contributed by atoms with van der Waals surface area (Å²) in [5.41, 5.74) is 1.42. The lowest BCUT2D eigenvalue weighted by atomic mass is 10.1. The minimum absolute atomic E-state index is 0.262. The van der Waals surface area contributed by atoms with E-state index in [-0.39, 0.29) is 12.5 Å². The summed E-state index contributed by atoms with van der Waals surface area (Å²) in [7, 11) is 3.11. The second kappa shape index (κ2) is 9.27. The van der Waals surface area contributed by atoms with E-state index >= 15 is 0 Å². The molecular formula is C20H21NO5. The maximum absolute atomic E-state index is 12.2. The monoisotopic (exact) mass is 355 g/mol. The van der Waals surface area contributed by atoms with Crippen LogP contribution in [0.2, 0.25) is 0 Å². The van der Waals surface area contributed by atoms with Gasteiger partial charge in [-0.1, -0.05) is 12.1 Å². The van der Waals surface area contributed by atoms with Crippen molar-refractivity contribution in [2.45, 2.75) is 6.92 Å². The van der Waals surface area contributed by atoms with Gasteiger partial charge in [0.05, 0.1) is 32.1 Å². The van der Waals surface area contributed by atoms with E-state index in [1.54, 1.807) is 69.7 Å². The highest BCUT2D eigenvalue weighted by Crippen LogP contribution is 2.25. The van der Waals surface area contributed by atoms with Gasteiger partial charge in [0.2, 0.25) is 5.91 Å². The SMILES string of the molecule is CCOC(=O)c1ccccc1NC(=O)C=Cc1ccc(OC)cc1OC. The van der Waals surface area contributed by atoms with Crippen molar-refractivity contribution in [3.05, 3.63) is 59.7 Å². The van der Waals surface area contributed by atoms with Gasteiger partial charge in [0.1, 0.15) is 11.5 Å². The summed E-state index contributed by atoms with van der Waals surface area (Å²) in [6.45, 7) is 1.99. The summed E-state index contributed by atoms with van der Waals surface area (Å²) >= 11 is 0. The Bertz CT molecular complexity index is 814. The topological polar surface area (TPSA) is 73.9 Å². The average molecular weight is 355 g/mol. The number of esters is 1. The van der Waals surface area contributed by atoms with E-state index in [0.717, 1.165) is 5.56 Å². The molecule has 0 aliphatic heterocycles. The first-order valence-electron chi connectivity index (χ1n) is 8.06. The van der Waals surface area contributed by atoms with Crippen molar-refractivity contribution in [2.75, 3.05) is 26.1 Å². The number of hydrogen-bond donors (Lipinski definition) is 1. The van der Waals surface area contributed by atoms with Crippen LogP contribution in [0.4, 0.5) is 5.69 Å². The standard InChI is InChI=1S/C20H21NO5/c1-4-26-20(23)16-7-5-6-8-17(16)21-19(22)12-10-14-9-11-15(24-2)13-18(14)25-3/h5-13H,4H2,1-3H3,(H,21,22). The van der Waals surface area contributed by atoms with Gasteiger partial charge in [-0.05, 0) is 37.3 Å². The fourth-order valence-electron chi connectivity index (χ4n) is 2.27. The van der Waals surface area contributed by atoms with Gasteiger partial charge in [-0.2, -0.15) is 0 Å². The quantitative estimate of drug-likeness (QED) is 0.607. The third kappa shape index (κ3) is 4.86. The summed E-state index contributed by atoms with van der Waals surface area (Å²) in [5, 5.41) is 2.69. The highest BCUT2D eigenvalue weighted by atomic mass is 16.5. The second-order valence-corrected chi connectivity index (χ2v) is 5.20. The molecule has 0 unspecified atom stereocenters. The molecule has 26 heavy (non-hydrogen) atoms. The van der Waals surface area contributed by atoms with E-state index in [2.05, 4.69) is 5.32 Å². The fraction of sp³-hybridized carbons (Fsp3) is 0.200. The third-order valence-corrected chi connectivity index (χ3v) is 3.54. The average Bonchev–Trinajstić information content (AvgIpc) is 2.66. The van der Waals surface area contributed by atoms with Gasteiger partial charge < -0.3 is 19.5 Å². The molecule has 0 saturated carbocycles. The predicted molar refractivity (Wildman–Crippen MR) is 99.6 cm³/mol. The summed E-state index contributed by atoms with van der Waals surface area (Å²) in [4.78, 5) is 24.2. The fourth-order valence-corrected chi connectivity index (χ4v) is 2.27. The van der Waals surface area contributed by atoms with Gasteiger partial charge in [-0.15, -0.1) is 0 Å². The highest BCUT2D eigenvalue weighted by Gasteiger charge is 2.13. The number of carbonyl (C=O) groups is 2. The van der Waals surface area contributed by atoms with E-state index in [9.17, 15) is 9.59 Å². The largest absolute Gasteiger partial charge is 0.497 e. The number of para-hydroxylation sites is 1. The maximum Gasteiger partial charge on any atom is 0.340 e. The van der Waals surface area contributed by atoms with E-state index in [0.29, 0.717) is 22.7 Å². The van der Waals surface area contributed by atoms with Crippen molar-refractivity contribution in [3.8, 4) is 11.5 Å². The molecule has 6 heteroatoms. The molecule has 0 fully saturated rings. The molecule has 0 spiro atoms. The molecule has 2 aromatic carbocycles. The molecule has 0 bridgehead atoms. The van der Waals surface area contributed by atoms with Crippen molar-refractivity contribution in [1.82, 2.24) is 0 Å². The van der Waals surface area contributed by atoms with Crippen LogP contribution in [0.15, 0.2) is 48.5 Å². The summed E-state index contributed by atoms with van der Waals surface area (Å²) in [6, 6.07) is 12.0. The number of carbonyl (C=O) groups excluding carboxylic acids is 2. The molecule has 2 aromatic rings. The van der Waals surface area contributed by atoms with E-state index < -0.39 is 5.97 Å². The van der Waals surface area contributed by atoms with Gasteiger partial charge in [0.25, 0.3) is 0 Å². The lowest BCUT2D eigenvalue weighted by Crippen LogP contribution is -2.13. The van der Waals surface area contributed by atoms with Crippen LogP contribution in [0.5, 0.6) is 11.5 Å². The van der Waals surface area contributed by atoms with Crippen molar-refractivity contribution in [1.29, 1.82) is 0 Å². The Morgan fingerprint density at radius 1 is 1.08 bits per heavy atom. The third-order valence-electron chi connectivity index (χ3n) is 3.54. The van der Waals surface area contributed by atoms with Gasteiger partial charge in [0, 0.05) is 17.7 Å². The summed E-state index contributed by atoms with van der Waals surface area (Å²) < 4.78 is 15.4. The minimum Gasteiger partial charge on any atom is -0.497 e. The Morgan fingerprint density at radius 2 is 1.85 bits per heavy atom. The number of ether oxygens (including phenoxy) is 3. The lowest BCUT2D eigenvalue weighted by Gasteiger charge is -2.09. The Labute approximate surface area is 152 Å². The first kappa shape index (κ1) is 19.1. The van der Waals surface area contributed by atoms with Crippen LogP contribution < -0.4 is 14.8 Å². The summed E-state index contributed by atoms with van der Waals surface area (Å²) in [6.07, 6.45) is 2.99. The van der Waals surface area contributed by atoms with E-state index in [1.807, 2.05) is 0 Å². The number of benzene rings is 2. The van der Waals surface area contributed by atoms with Crippen LogP contribution in [0, 0.1) is 0 Å². The molecule has 0 atom stereocenters. The van der Waals surface area contributed by atoms with Gasteiger partial charge in [-0.25, -0.2) is 4.79 Å². The molecule has 1 N–H and O–H groups in total. The molecule has 6 nitrogen and oxygen atoms in total. The zero-order valence-corrected chi connectivity index (χ0v) is 14.9. The molecular weight excluding hydrogens is 334 g/mol. The van der Waals surface area contributed by atoms with Gasteiger partial charge >= 0.3 is 5.97 Å². The van der Waals surface area contributed by atoms with Crippen LogP contribution in [0.3, 0.4) is 0 Å². The van der Waals surface area contributed by atoms with Gasteiger partial charge in [0.15, 0.2) is 0 Å². The van der Waals surface area contributed by atoms with Crippen LogP contribution in [0.1, 0.15) is 22.8 Å². The van der Waals surface area contributed by atoms with Gasteiger partial charge in [-0.3, -0.25) is 4.79 Å². The Morgan fingerprint density at radius 3 is 2.54 bits per heavy atom. The molecule has 136 valence electrons. The molecule has 2 rings (SSSR count). The number of rotatable bonds is 7. The van der Waals surface area contributed by atoms with Crippen molar-refractivity contribution in [3.63, 3.8) is 0 Å². The number of hydrogen-bond acceptors (Lipinski definition) is 5. The molecule has 0 saturated heterocycles. The number of methoxy groups -OCH3 is 2. The number of amides is 1. The Balaban J connectivity index is 2.15. The molecule has 0 aromatic heterocycles. The summed E-state index contributed by atoms with van der Waals surface area (Å²) in [5.74, 6) is 0.385. The van der Waals surface area contributed by atoms with Crippen LogP contribution in [-0.2, 0) is 9.53 Å². The number of nitrogens with one attached hydrogen (secondary N) is 1. The lowest BCUT2D eigenvalue weighted by molar-refractivity contribution is -0.111. The van der Waals surface area contributed by atoms with Crippen LogP contribution >= 0.6 is 0 Å². The smallest absolute Gasteiger partial charge is 0.340 e. The normalized spacial score (nSPS) is 10.4.